The van der Waals surface area contributed by atoms with Gasteiger partial charge in [0.1, 0.15) is 0 Å². The molecule has 2 N–H and O–H groups in total. The third-order valence-electron chi connectivity index (χ3n) is 1.47. The molecule has 0 aromatic heterocycles. The molecule has 58 valence electrons. The average molecular weight is 216 g/mol. The maximum atomic E-state index is 5.64. The quantitative estimate of drug-likeness (QED) is 0.672. The zero-order chi connectivity index (χ0) is 7.84. The fourth-order valence-corrected chi connectivity index (χ4v) is 1.46. The Bertz CT molecular complexity index is 301. The highest BCUT2D eigenvalue weighted by atomic mass is 79.9. The molecule has 1 aliphatic heterocycles. The van der Waals surface area contributed by atoms with Crippen molar-refractivity contribution in [2.75, 3.05) is 12.5 Å². The first kappa shape index (κ1) is 6.79. The lowest BCUT2D eigenvalue weighted by Gasteiger charge is -1.99. The summed E-state index contributed by atoms with van der Waals surface area (Å²) in [6, 6.07) is 3.62. The molecule has 0 fully saturated rings. The molecule has 1 aromatic rings. The number of nitrogen functional groups attached to an aromatic ring is 1. The highest BCUT2D eigenvalue weighted by Gasteiger charge is 2.16. The molecule has 0 bridgehead atoms. The van der Waals surface area contributed by atoms with Crippen LogP contribution in [-0.4, -0.2) is 6.79 Å². The Labute approximate surface area is 72.2 Å². The molecule has 0 unspecified atom stereocenters. The number of benzene rings is 1. The first-order chi connectivity index (χ1) is 5.27. The molecule has 0 aliphatic carbocycles. The van der Waals surface area contributed by atoms with Gasteiger partial charge in [0, 0.05) is 4.47 Å². The van der Waals surface area contributed by atoms with Crippen LogP contribution in [0.4, 0.5) is 5.69 Å². The number of hydrogen-bond acceptors (Lipinski definition) is 3. The van der Waals surface area contributed by atoms with Gasteiger partial charge >= 0.3 is 0 Å². The number of nitrogens with two attached hydrogens (primary N) is 1. The standard InChI is InChI=1S/C7H6BrNO2/c8-4-1-5(9)7-6(2-4)10-3-11-7/h1-2H,3,9H2. The zero-order valence-corrected chi connectivity index (χ0v) is 7.22. The van der Waals surface area contributed by atoms with Gasteiger partial charge in [-0.2, -0.15) is 0 Å². The molecule has 1 aromatic carbocycles. The molecule has 0 atom stereocenters. The second-order valence-electron chi connectivity index (χ2n) is 2.23. The maximum absolute atomic E-state index is 5.64. The number of halogens is 1. The summed E-state index contributed by atoms with van der Waals surface area (Å²) in [5.41, 5.74) is 6.24. The van der Waals surface area contributed by atoms with Crippen LogP contribution in [0, 0.1) is 0 Å². The summed E-state index contributed by atoms with van der Waals surface area (Å²) in [5.74, 6) is 1.35. The van der Waals surface area contributed by atoms with Gasteiger partial charge in [0.15, 0.2) is 11.5 Å². The molecular formula is C7H6BrNO2. The second kappa shape index (κ2) is 2.30. The van der Waals surface area contributed by atoms with Crippen molar-refractivity contribution in [2.24, 2.45) is 0 Å². The zero-order valence-electron chi connectivity index (χ0n) is 5.63. The number of rotatable bonds is 0. The van der Waals surface area contributed by atoms with Gasteiger partial charge in [-0.25, -0.2) is 0 Å². The number of ether oxygens (including phenoxy) is 2. The molecule has 0 saturated carbocycles. The monoisotopic (exact) mass is 215 g/mol. The first-order valence-electron chi connectivity index (χ1n) is 3.12. The van der Waals surface area contributed by atoms with E-state index in [0.717, 1.165) is 4.47 Å². The largest absolute Gasteiger partial charge is 0.453 e. The summed E-state index contributed by atoms with van der Waals surface area (Å²) in [5, 5.41) is 0. The average Bonchev–Trinajstić information content (AvgIpc) is 2.34. The van der Waals surface area contributed by atoms with E-state index in [4.69, 9.17) is 15.2 Å². The Morgan fingerprint density at radius 3 is 3.00 bits per heavy atom. The number of hydrogen-bond donors (Lipinski definition) is 1. The van der Waals surface area contributed by atoms with Gasteiger partial charge in [-0.3, -0.25) is 0 Å². The van der Waals surface area contributed by atoms with E-state index in [1.165, 1.54) is 0 Å². The van der Waals surface area contributed by atoms with E-state index in [9.17, 15) is 0 Å². The summed E-state index contributed by atoms with van der Waals surface area (Å²) < 4.78 is 11.1. The van der Waals surface area contributed by atoms with Crippen LogP contribution in [0.3, 0.4) is 0 Å². The van der Waals surface area contributed by atoms with Gasteiger partial charge in [0.2, 0.25) is 6.79 Å². The van der Waals surface area contributed by atoms with Crippen molar-refractivity contribution in [2.45, 2.75) is 0 Å². The van der Waals surface area contributed by atoms with Crippen molar-refractivity contribution >= 4 is 21.6 Å². The third-order valence-corrected chi connectivity index (χ3v) is 1.92. The van der Waals surface area contributed by atoms with E-state index >= 15 is 0 Å². The molecule has 11 heavy (non-hydrogen) atoms. The van der Waals surface area contributed by atoms with Gasteiger partial charge < -0.3 is 15.2 Å². The molecule has 1 heterocycles. The maximum Gasteiger partial charge on any atom is 0.231 e. The molecule has 0 spiro atoms. The minimum Gasteiger partial charge on any atom is -0.453 e. The molecular weight excluding hydrogens is 210 g/mol. The highest BCUT2D eigenvalue weighted by Crippen LogP contribution is 2.39. The van der Waals surface area contributed by atoms with Gasteiger partial charge in [0.25, 0.3) is 0 Å². The van der Waals surface area contributed by atoms with E-state index in [1.54, 1.807) is 6.07 Å². The molecule has 0 saturated heterocycles. The van der Waals surface area contributed by atoms with Gasteiger partial charge in [0.05, 0.1) is 5.69 Å². The summed E-state index contributed by atoms with van der Waals surface area (Å²) in [6.45, 7) is 0.260. The Balaban J connectivity index is 2.60. The summed E-state index contributed by atoms with van der Waals surface area (Å²) in [7, 11) is 0. The summed E-state index contributed by atoms with van der Waals surface area (Å²) >= 11 is 3.30. The Morgan fingerprint density at radius 1 is 1.36 bits per heavy atom. The van der Waals surface area contributed by atoms with Crippen LogP contribution in [0.2, 0.25) is 0 Å². The van der Waals surface area contributed by atoms with Crippen LogP contribution < -0.4 is 15.2 Å². The lowest BCUT2D eigenvalue weighted by atomic mass is 10.3. The minimum atomic E-state index is 0.260. The first-order valence-corrected chi connectivity index (χ1v) is 3.91. The highest BCUT2D eigenvalue weighted by molar-refractivity contribution is 9.10. The third kappa shape index (κ3) is 1.03. The van der Waals surface area contributed by atoms with Crippen molar-refractivity contribution < 1.29 is 9.47 Å². The normalized spacial score (nSPS) is 13.5. The number of anilines is 1. The smallest absolute Gasteiger partial charge is 0.231 e. The minimum absolute atomic E-state index is 0.260. The summed E-state index contributed by atoms with van der Waals surface area (Å²) in [6.07, 6.45) is 0. The van der Waals surface area contributed by atoms with Crippen LogP contribution in [-0.2, 0) is 0 Å². The lowest BCUT2D eigenvalue weighted by molar-refractivity contribution is 0.174. The Hall–Kier alpha value is -0.900. The van der Waals surface area contributed by atoms with Crippen LogP contribution in [0.25, 0.3) is 0 Å². The van der Waals surface area contributed by atoms with Crippen LogP contribution in [0.1, 0.15) is 0 Å². The SMILES string of the molecule is Nc1cc(Br)cc2c1OCO2. The molecule has 0 radical (unpaired) electrons. The van der Waals surface area contributed by atoms with Gasteiger partial charge in [-0.1, -0.05) is 15.9 Å². The Kier molecular flexibility index (Phi) is 1.42. The van der Waals surface area contributed by atoms with Gasteiger partial charge in [-0.15, -0.1) is 0 Å². The second-order valence-corrected chi connectivity index (χ2v) is 3.14. The van der Waals surface area contributed by atoms with E-state index < -0.39 is 0 Å². The molecule has 0 amide bonds. The fourth-order valence-electron chi connectivity index (χ4n) is 1.00. The lowest BCUT2D eigenvalue weighted by Crippen LogP contribution is -1.94. The van der Waals surface area contributed by atoms with Crippen molar-refractivity contribution in [3.63, 3.8) is 0 Å². The summed E-state index contributed by atoms with van der Waals surface area (Å²) in [4.78, 5) is 0. The van der Waals surface area contributed by atoms with E-state index in [1.807, 2.05) is 6.07 Å². The van der Waals surface area contributed by atoms with Crippen molar-refractivity contribution in [1.29, 1.82) is 0 Å². The predicted octanol–water partition coefficient (Wildman–Crippen LogP) is 1.76. The molecule has 3 nitrogen and oxygen atoms in total. The van der Waals surface area contributed by atoms with E-state index in [0.29, 0.717) is 17.2 Å². The van der Waals surface area contributed by atoms with E-state index in [-0.39, 0.29) is 6.79 Å². The molecule has 2 rings (SSSR count). The van der Waals surface area contributed by atoms with Gasteiger partial charge in [-0.05, 0) is 12.1 Å². The topological polar surface area (TPSA) is 44.5 Å². The molecule has 1 aliphatic rings. The predicted molar refractivity (Wildman–Crippen MR) is 44.7 cm³/mol. The van der Waals surface area contributed by atoms with Crippen LogP contribution in [0.5, 0.6) is 11.5 Å². The van der Waals surface area contributed by atoms with E-state index in [2.05, 4.69) is 15.9 Å². The van der Waals surface area contributed by atoms with Crippen molar-refractivity contribution in [3.8, 4) is 11.5 Å². The fraction of sp³-hybridized carbons (Fsp3) is 0.143. The number of fused-ring (bicyclic) bond motifs is 1. The molecule has 4 heteroatoms. The van der Waals surface area contributed by atoms with Crippen molar-refractivity contribution in [3.05, 3.63) is 16.6 Å². The Morgan fingerprint density at radius 2 is 2.18 bits per heavy atom. The van der Waals surface area contributed by atoms with Crippen LogP contribution in [0.15, 0.2) is 16.6 Å². The van der Waals surface area contributed by atoms with Crippen LogP contribution >= 0.6 is 15.9 Å². The van der Waals surface area contributed by atoms with Crippen molar-refractivity contribution in [1.82, 2.24) is 0 Å².